The number of aliphatic hydroxyl groups excluding tert-OH is 1. The number of carbonyl (C=O) groups excluding carboxylic acids is 1. The molecule has 4 heteroatoms. The first-order chi connectivity index (χ1) is 9.34. The SMILES string of the molecule is CC(=O)NCCNCC(O)c1c(C)c(C)cc(C)c1C. The van der Waals surface area contributed by atoms with Gasteiger partial charge in [0.2, 0.25) is 5.91 Å². The lowest BCUT2D eigenvalue weighted by atomic mass is 9.91. The van der Waals surface area contributed by atoms with E-state index in [0.29, 0.717) is 19.6 Å². The maximum Gasteiger partial charge on any atom is 0.216 e. The van der Waals surface area contributed by atoms with Crippen LogP contribution < -0.4 is 10.6 Å². The standard InChI is InChI=1S/C16H26N2O2/c1-10-8-11(2)13(4)16(12(10)3)15(20)9-17-6-7-18-14(5)19/h8,15,17,20H,6-7,9H2,1-5H3,(H,18,19). The Hall–Kier alpha value is -1.39. The molecule has 0 aliphatic heterocycles. The first kappa shape index (κ1) is 16.7. The van der Waals surface area contributed by atoms with E-state index < -0.39 is 6.10 Å². The first-order valence-electron chi connectivity index (χ1n) is 7.05. The molecule has 112 valence electrons. The van der Waals surface area contributed by atoms with Crippen LogP contribution in [0.2, 0.25) is 0 Å². The summed E-state index contributed by atoms with van der Waals surface area (Å²) in [4.78, 5) is 10.7. The average molecular weight is 278 g/mol. The number of nitrogens with one attached hydrogen (secondary N) is 2. The van der Waals surface area contributed by atoms with Gasteiger partial charge in [0.1, 0.15) is 0 Å². The van der Waals surface area contributed by atoms with Crippen molar-refractivity contribution in [3.63, 3.8) is 0 Å². The molecule has 0 saturated carbocycles. The smallest absolute Gasteiger partial charge is 0.216 e. The molecule has 3 N–H and O–H groups in total. The van der Waals surface area contributed by atoms with Crippen molar-refractivity contribution in [2.75, 3.05) is 19.6 Å². The minimum atomic E-state index is -0.522. The molecule has 20 heavy (non-hydrogen) atoms. The van der Waals surface area contributed by atoms with E-state index in [1.807, 2.05) is 0 Å². The van der Waals surface area contributed by atoms with E-state index >= 15 is 0 Å². The molecule has 1 atom stereocenters. The van der Waals surface area contributed by atoms with Gasteiger partial charge in [-0.3, -0.25) is 4.79 Å². The Kier molecular flexibility index (Phi) is 6.17. The molecule has 1 unspecified atom stereocenters. The summed E-state index contributed by atoms with van der Waals surface area (Å²) < 4.78 is 0. The topological polar surface area (TPSA) is 61.4 Å². The van der Waals surface area contributed by atoms with Gasteiger partial charge in [-0.25, -0.2) is 0 Å². The molecular weight excluding hydrogens is 252 g/mol. The zero-order chi connectivity index (χ0) is 15.3. The Labute approximate surface area is 121 Å². The molecule has 0 aliphatic rings. The minimum Gasteiger partial charge on any atom is -0.387 e. The number of amides is 1. The Morgan fingerprint density at radius 1 is 1.15 bits per heavy atom. The van der Waals surface area contributed by atoms with Gasteiger partial charge >= 0.3 is 0 Å². The van der Waals surface area contributed by atoms with Crippen LogP contribution in [0.3, 0.4) is 0 Å². The summed E-state index contributed by atoms with van der Waals surface area (Å²) in [6.45, 7) is 11.5. The molecule has 0 heterocycles. The van der Waals surface area contributed by atoms with Crippen molar-refractivity contribution < 1.29 is 9.90 Å². The minimum absolute atomic E-state index is 0.0339. The Balaban J connectivity index is 2.64. The maximum atomic E-state index is 10.7. The first-order valence-corrected chi connectivity index (χ1v) is 7.05. The molecule has 1 rings (SSSR count). The third kappa shape index (κ3) is 4.32. The highest BCUT2D eigenvalue weighted by molar-refractivity contribution is 5.72. The van der Waals surface area contributed by atoms with Crippen LogP contribution in [0.4, 0.5) is 0 Å². The summed E-state index contributed by atoms with van der Waals surface area (Å²) in [5.41, 5.74) is 5.75. The number of hydrogen-bond acceptors (Lipinski definition) is 3. The van der Waals surface area contributed by atoms with Crippen molar-refractivity contribution in [1.82, 2.24) is 10.6 Å². The molecule has 0 bridgehead atoms. The van der Waals surface area contributed by atoms with Gasteiger partial charge in [-0.1, -0.05) is 6.07 Å². The van der Waals surface area contributed by atoms with Gasteiger partial charge in [0.15, 0.2) is 0 Å². The molecule has 1 amide bonds. The van der Waals surface area contributed by atoms with E-state index in [-0.39, 0.29) is 5.91 Å². The van der Waals surface area contributed by atoms with E-state index in [4.69, 9.17) is 0 Å². The fourth-order valence-electron chi connectivity index (χ4n) is 2.41. The van der Waals surface area contributed by atoms with Crippen LogP contribution in [-0.4, -0.2) is 30.6 Å². The van der Waals surface area contributed by atoms with Gasteiger partial charge in [0.05, 0.1) is 6.10 Å². The van der Waals surface area contributed by atoms with Crippen molar-refractivity contribution in [3.05, 3.63) is 33.9 Å². The van der Waals surface area contributed by atoms with Gasteiger partial charge in [0.25, 0.3) is 0 Å². The van der Waals surface area contributed by atoms with Crippen LogP contribution >= 0.6 is 0 Å². The number of aliphatic hydroxyl groups is 1. The van der Waals surface area contributed by atoms with Crippen LogP contribution in [0.1, 0.15) is 40.8 Å². The number of rotatable bonds is 6. The third-order valence-electron chi connectivity index (χ3n) is 3.77. The lowest BCUT2D eigenvalue weighted by molar-refractivity contribution is -0.118. The molecular formula is C16H26N2O2. The predicted octanol–water partition coefficient (Wildman–Crippen LogP) is 1.68. The van der Waals surface area contributed by atoms with Gasteiger partial charge < -0.3 is 15.7 Å². The molecule has 0 aliphatic carbocycles. The van der Waals surface area contributed by atoms with E-state index in [9.17, 15) is 9.90 Å². The highest BCUT2D eigenvalue weighted by atomic mass is 16.3. The summed E-state index contributed by atoms with van der Waals surface area (Å²) in [7, 11) is 0. The van der Waals surface area contributed by atoms with Crippen LogP contribution in [0, 0.1) is 27.7 Å². The van der Waals surface area contributed by atoms with Crippen molar-refractivity contribution in [2.24, 2.45) is 0 Å². The molecule has 0 aromatic heterocycles. The van der Waals surface area contributed by atoms with Gasteiger partial charge in [-0.2, -0.15) is 0 Å². The van der Waals surface area contributed by atoms with Crippen LogP contribution in [0.25, 0.3) is 0 Å². The quantitative estimate of drug-likeness (QED) is 0.694. The monoisotopic (exact) mass is 278 g/mol. The predicted molar refractivity (Wildman–Crippen MR) is 81.9 cm³/mol. The molecule has 0 fully saturated rings. The van der Waals surface area contributed by atoms with Crippen molar-refractivity contribution in [1.29, 1.82) is 0 Å². The number of carbonyl (C=O) groups is 1. The van der Waals surface area contributed by atoms with Gasteiger partial charge in [-0.15, -0.1) is 0 Å². The normalized spacial score (nSPS) is 12.3. The number of hydrogen-bond donors (Lipinski definition) is 3. The van der Waals surface area contributed by atoms with Crippen LogP contribution in [0.15, 0.2) is 6.07 Å². The van der Waals surface area contributed by atoms with E-state index in [0.717, 1.165) is 16.7 Å². The summed E-state index contributed by atoms with van der Waals surface area (Å²) >= 11 is 0. The van der Waals surface area contributed by atoms with Crippen molar-refractivity contribution >= 4 is 5.91 Å². The molecule has 4 nitrogen and oxygen atoms in total. The summed E-state index contributed by atoms with van der Waals surface area (Å²) in [6, 6.07) is 2.16. The van der Waals surface area contributed by atoms with E-state index in [2.05, 4.69) is 44.4 Å². The Bertz CT molecular complexity index is 458. The second kappa shape index (κ2) is 7.41. The van der Waals surface area contributed by atoms with Gasteiger partial charge in [-0.05, 0) is 55.5 Å². The summed E-state index contributed by atoms with van der Waals surface area (Å²) in [5, 5.41) is 16.3. The Morgan fingerprint density at radius 3 is 2.20 bits per heavy atom. The molecule has 1 aromatic carbocycles. The molecule has 0 spiro atoms. The lowest BCUT2D eigenvalue weighted by Crippen LogP contribution is -2.32. The lowest BCUT2D eigenvalue weighted by Gasteiger charge is -2.20. The highest BCUT2D eigenvalue weighted by Gasteiger charge is 2.15. The van der Waals surface area contributed by atoms with Crippen molar-refractivity contribution in [3.8, 4) is 0 Å². The van der Waals surface area contributed by atoms with Crippen molar-refractivity contribution in [2.45, 2.75) is 40.7 Å². The van der Waals surface area contributed by atoms with E-state index in [1.165, 1.54) is 18.1 Å². The molecule has 0 radical (unpaired) electrons. The average Bonchev–Trinajstić information content (AvgIpc) is 2.36. The zero-order valence-electron chi connectivity index (χ0n) is 13.1. The highest BCUT2D eigenvalue weighted by Crippen LogP contribution is 2.26. The van der Waals surface area contributed by atoms with Crippen LogP contribution in [0.5, 0.6) is 0 Å². The molecule has 1 aromatic rings. The third-order valence-corrected chi connectivity index (χ3v) is 3.77. The van der Waals surface area contributed by atoms with E-state index in [1.54, 1.807) is 0 Å². The largest absolute Gasteiger partial charge is 0.387 e. The maximum absolute atomic E-state index is 10.7. The Morgan fingerprint density at radius 2 is 1.70 bits per heavy atom. The van der Waals surface area contributed by atoms with Gasteiger partial charge in [0, 0.05) is 26.6 Å². The second-order valence-corrected chi connectivity index (χ2v) is 5.38. The fraction of sp³-hybridized carbons (Fsp3) is 0.562. The number of benzene rings is 1. The molecule has 0 saturated heterocycles. The van der Waals surface area contributed by atoms with Crippen LogP contribution in [-0.2, 0) is 4.79 Å². The summed E-state index contributed by atoms with van der Waals surface area (Å²) in [5.74, 6) is -0.0339. The zero-order valence-corrected chi connectivity index (χ0v) is 13.1. The second-order valence-electron chi connectivity index (χ2n) is 5.38. The number of aryl methyl sites for hydroxylation is 2. The summed E-state index contributed by atoms with van der Waals surface area (Å²) in [6.07, 6.45) is -0.522. The fourth-order valence-corrected chi connectivity index (χ4v) is 2.41.